The first-order chi connectivity index (χ1) is 9.90. The number of benzene rings is 2. The lowest BCUT2D eigenvalue weighted by Gasteiger charge is -2.13. The van der Waals surface area contributed by atoms with E-state index in [4.69, 9.17) is 26.4 Å². The van der Waals surface area contributed by atoms with E-state index in [2.05, 4.69) is 15.9 Å². The molecule has 108 valence electrons. The van der Waals surface area contributed by atoms with E-state index in [-0.39, 0.29) is 20.4 Å². The molecule has 0 radical (unpaired) electrons. The van der Waals surface area contributed by atoms with Crippen LogP contribution < -0.4 is 4.74 Å². The Kier molecular flexibility index (Phi) is 4.57. The van der Waals surface area contributed by atoms with E-state index in [1.165, 1.54) is 25.3 Å². The molecule has 4 nitrogen and oxygen atoms in total. The topological polar surface area (TPSA) is 73.9 Å². The van der Waals surface area contributed by atoms with Gasteiger partial charge < -0.3 is 4.74 Å². The first-order valence-electron chi connectivity index (χ1n) is 5.72. The van der Waals surface area contributed by atoms with Crippen molar-refractivity contribution >= 4 is 37.3 Å². The Morgan fingerprint density at radius 1 is 1.33 bits per heavy atom. The Morgan fingerprint density at radius 2 is 2.05 bits per heavy atom. The van der Waals surface area contributed by atoms with E-state index >= 15 is 0 Å². The van der Waals surface area contributed by atoms with Gasteiger partial charge in [0.15, 0.2) is 0 Å². The largest absolute Gasteiger partial charge is 0.495 e. The second kappa shape index (κ2) is 6.06. The van der Waals surface area contributed by atoms with Gasteiger partial charge in [0.05, 0.1) is 27.5 Å². The number of halogens is 2. The van der Waals surface area contributed by atoms with Gasteiger partial charge >= 0.3 is 0 Å². The Hall–Kier alpha value is -1.55. The van der Waals surface area contributed by atoms with E-state index in [1.54, 1.807) is 18.2 Å². The monoisotopic (exact) mass is 384 g/mol. The van der Waals surface area contributed by atoms with Crippen LogP contribution in [0.2, 0.25) is 5.02 Å². The van der Waals surface area contributed by atoms with Crippen LogP contribution in [0, 0.1) is 16.1 Å². The lowest BCUT2D eigenvalue weighted by atomic mass is 10.2. The lowest BCUT2D eigenvalue weighted by Crippen LogP contribution is -2.03. The van der Waals surface area contributed by atoms with Crippen molar-refractivity contribution in [1.82, 2.24) is 0 Å². The number of nitrogens with one attached hydrogen (secondary N) is 1. The molecule has 0 spiro atoms. The fourth-order valence-corrected chi connectivity index (χ4v) is 4.09. The number of nitriles is 1. The van der Waals surface area contributed by atoms with Gasteiger partial charge in [-0.15, -0.1) is 0 Å². The smallest absolute Gasteiger partial charge is 0.136 e. The molecule has 0 saturated carbocycles. The van der Waals surface area contributed by atoms with Gasteiger partial charge in [0, 0.05) is 4.47 Å². The van der Waals surface area contributed by atoms with Crippen molar-refractivity contribution in [3.63, 3.8) is 0 Å². The molecule has 2 aromatic carbocycles. The average Bonchev–Trinajstić information content (AvgIpc) is 2.47. The highest BCUT2D eigenvalue weighted by Crippen LogP contribution is 2.33. The van der Waals surface area contributed by atoms with Crippen LogP contribution in [0.25, 0.3) is 0 Å². The Balaban J connectivity index is 2.65. The highest BCUT2D eigenvalue weighted by molar-refractivity contribution is 9.10. The summed E-state index contributed by atoms with van der Waals surface area (Å²) in [5.41, 5.74) is 0.275. The van der Waals surface area contributed by atoms with Crippen molar-refractivity contribution in [1.29, 1.82) is 10.0 Å². The molecule has 0 fully saturated rings. The summed E-state index contributed by atoms with van der Waals surface area (Å²) < 4.78 is 27.0. The number of nitrogens with zero attached hydrogens (tertiary/aromatic N) is 1. The minimum Gasteiger partial charge on any atom is -0.495 e. The third-order valence-electron chi connectivity index (χ3n) is 2.83. The summed E-state index contributed by atoms with van der Waals surface area (Å²) in [6.07, 6.45) is 0. The second-order valence-electron chi connectivity index (χ2n) is 4.10. The normalized spacial score (nSPS) is 13.2. The van der Waals surface area contributed by atoms with Crippen LogP contribution in [0.4, 0.5) is 0 Å². The van der Waals surface area contributed by atoms with Crippen LogP contribution in [0.1, 0.15) is 5.56 Å². The van der Waals surface area contributed by atoms with Gasteiger partial charge in [0.2, 0.25) is 0 Å². The minimum atomic E-state index is -3.30. The zero-order chi connectivity index (χ0) is 15.6. The van der Waals surface area contributed by atoms with Crippen molar-refractivity contribution in [3.8, 4) is 11.8 Å². The van der Waals surface area contributed by atoms with Gasteiger partial charge in [0.25, 0.3) is 0 Å². The molecule has 0 heterocycles. The van der Waals surface area contributed by atoms with Gasteiger partial charge in [-0.1, -0.05) is 27.5 Å². The predicted molar refractivity (Wildman–Crippen MR) is 84.3 cm³/mol. The van der Waals surface area contributed by atoms with Crippen molar-refractivity contribution in [2.24, 2.45) is 0 Å². The lowest BCUT2D eigenvalue weighted by molar-refractivity contribution is 0.403. The minimum absolute atomic E-state index is 0.170. The number of rotatable bonds is 3. The van der Waals surface area contributed by atoms with Gasteiger partial charge in [0.1, 0.15) is 21.5 Å². The molecule has 1 N–H and O–H groups in total. The Morgan fingerprint density at radius 3 is 2.62 bits per heavy atom. The molecule has 0 amide bonds. The molecule has 2 aromatic rings. The van der Waals surface area contributed by atoms with E-state index in [1.807, 2.05) is 6.07 Å². The van der Waals surface area contributed by atoms with Gasteiger partial charge in [-0.05, 0) is 36.4 Å². The zero-order valence-corrected chi connectivity index (χ0v) is 14.1. The third kappa shape index (κ3) is 3.05. The van der Waals surface area contributed by atoms with Crippen LogP contribution in [0.15, 0.2) is 50.7 Å². The molecular formula is C14H10BrClN2O2S. The summed E-state index contributed by atoms with van der Waals surface area (Å²) in [5, 5.41) is 9.04. The van der Waals surface area contributed by atoms with Gasteiger partial charge in [-0.3, -0.25) is 0 Å². The SMILES string of the molecule is COc1ccc(Br)cc1S(=N)(=O)c1ccc(C#N)c(Cl)c1. The molecule has 2 rings (SSSR count). The summed E-state index contributed by atoms with van der Waals surface area (Å²) in [6.45, 7) is 0. The highest BCUT2D eigenvalue weighted by atomic mass is 79.9. The summed E-state index contributed by atoms with van der Waals surface area (Å²) in [4.78, 5) is 0.475. The molecule has 0 bridgehead atoms. The zero-order valence-electron chi connectivity index (χ0n) is 10.9. The molecule has 7 heteroatoms. The van der Waals surface area contributed by atoms with Crippen molar-refractivity contribution in [2.45, 2.75) is 9.79 Å². The van der Waals surface area contributed by atoms with Crippen LogP contribution >= 0.6 is 27.5 Å². The van der Waals surface area contributed by atoms with Crippen LogP contribution in [-0.2, 0) is 9.73 Å². The number of hydrogen-bond donors (Lipinski definition) is 1. The number of ether oxygens (including phenoxy) is 1. The fraction of sp³-hybridized carbons (Fsp3) is 0.0714. The molecule has 0 aromatic heterocycles. The van der Waals surface area contributed by atoms with E-state index in [0.29, 0.717) is 10.2 Å². The first kappa shape index (κ1) is 15.8. The Bertz CT molecular complexity index is 845. The number of hydrogen-bond acceptors (Lipinski definition) is 4. The second-order valence-corrected chi connectivity index (χ2v) is 7.45. The fourth-order valence-electron chi connectivity index (χ4n) is 1.77. The summed E-state index contributed by atoms with van der Waals surface area (Å²) in [6, 6.07) is 11.2. The van der Waals surface area contributed by atoms with Gasteiger partial charge in [-0.2, -0.15) is 5.26 Å². The standard InChI is InChI=1S/C14H10BrClN2O2S/c1-20-13-5-3-10(15)6-14(13)21(18,19)11-4-2-9(8-17)12(16)7-11/h2-7,18H,1H3. The van der Waals surface area contributed by atoms with Crippen LogP contribution in [0.3, 0.4) is 0 Å². The van der Waals surface area contributed by atoms with Crippen molar-refractivity contribution in [2.75, 3.05) is 7.11 Å². The molecule has 0 aliphatic heterocycles. The maximum absolute atomic E-state index is 12.9. The van der Waals surface area contributed by atoms with Crippen LogP contribution in [-0.4, -0.2) is 11.3 Å². The quantitative estimate of drug-likeness (QED) is 0.848. The molecule has 1 atom stereocenters. The van der Waals surface area contributed by atoms with Crippen LogP contribution in [0.5, 0.6) is 5.75 Å². The Labute approximate surface area is 136 Å². The molecule has 21 heavy (non-hydrogen) atoms. The molecule has 1 unspecified atom stereocenters. The molecule has 0 aliphatic rings. The van der Waals surface area contributed by atoms with E-state index < -0.39 is 9.73 Å². The van der Waals surface area contributed by atoms with E-state index in [9.17, 15) is 4.21 Å². The summed E-state index contributed by atoms with van der Waals surface area (Å²) >= 11 is 9.25. The van der Waals surface area contributed by atoms with Crippen molar-refractivity contribution in [3.05, 3.63) is 51.5 Å². The maximum Gasteiger partial charge on any atom is 0.136 e. The first-order valence-corrected chi connectivity index (χ1v) is 8.45. The number of methoxy groups -OCH3 is 1. The van der Waals surface area contributed by atoms with E-state index in [0.717, 1.165) is 0 Å². The van der Waals surface area contributed by atoms with Gasteiger partial charge in [-0.25, -0.2) is 8.99 Å². The third-order valence-corrected chi connectivity index (χ3v) is 5.49. The molecular weight excluding hydrogens is 376 g/mol. The summed E-state index contributed by atoms with van der Waals surface area (Å²) in [7, 11) is -1.85. The van der Waals surface area contributed by atoms with Crippen molar-refractivity contribution < 1.29 is 8.95 Å². The predicted octanol–water partition coefficient (Wildman–Crippen LogP) is 4.45. The highest BCUT2D eigenvalue weighted by Gasteiger charge is 2.20. The molecule has 0 aliphatic carbocycles. The maximum atomic E-state index is 12.9. The summed E-state index contributed by atoms with van der Waals surface area (Å²) in [5.74, 6) is 0.360. The average molecular weight is 386 g/mol. The molecule has 0 saturated heterocycles.